The van der Waals surface area contributed by atoms with E-state index in [1.54, 1.807) is 6.07 Å². The minimum Gasteiger partial charge on any atom is -0.339 e. The number of hydrogen-bond donors (Lipinski definition) is 0. The van der Waals surface area contributed by atoms with Crippen molar-refractivity contribution in [3.63, 3.8) is 0 Å². The van der Waals surface area contributed by atoms with Crippen molar-refractivity contribution in [3.8, 4) is 0 Å². The summed E-state index contributed by atoms with van der Waals surface area (Å²) in [5, 5.41) is 0. The molecule has 5 fully saturated rings. The van der Waals surface area contributed by atoms with E-state index in [2.05, 4.69) is 9.88 Å². The Balaban J connectivity index is 1.24. The summed E-state index contributed by atoms with van der Waals surface area (Å²) in [6, 6.07) is 5.56. The molecule has 4 saturated carbocycles. The standard InChI is InChI=1S/C22H29N3O2/c1-15-3-2-4-19(23-15)20(26)24-5-7-25(8-6-24)21(27)22-12-16-9-17(13-22)11-18(10-16)14-22/h2-4,16-18H,5-14H2,1H3. The fraction of sp³-hybridized carbons (Fsp3) is 0.682. The van der Waals surface area contributed by atoms with Gasteiger partial charge in [-0.05, 0) is 75.3 Å². The maximum absolute atomic E-state index is 13.5. The largest absolute Gasteiger partial charge is 0.339 e. The molecule has 4 aliphatic carbocycles. The van der Waals surface area contributed by atoms with E-state index >= 15 is 0 Å². The summed E-state index contributed by atoms with van der Waals surface area (Å²) in [6.45, 7) is 4.47. The van der Waals surface area contributed by atoms with Gasteiger partial charge in [-0.3, -0.25) is 9.59 Å². The SMILES string of the molecule is Cc1cccc(C(=O)N2CCN(C(=O)C34CC5CC(CC(C5)C3)C4)CC2)n1. The summed E-state index contributed by atoms with van der Waals surface area (Å²) in [5.41, 5.74) is 1.30. The Morgan fingerprint density at radius 1 is 0.926 bits per heavy atom. The topological polar surface area (TPSA) is 53.5 Å². The lowest BCUT2D eigenvalue weighted by Gasteiger charge is -2.57. The summed E-state index contributed by atoms with van der Waals surface area (Å²) in [5.74, 6) is 2.74. The van der Waals surface area contributed by atoms with E-state index in [1.807, 2.05) is 24.0 Å². The molecule has 27 heavy (non-hydrogen) atoms. The van der Waals surface area contributed by atoms with Crippen LogP contribution in [-0.4, -0.2) is 52.8 Å². The highest BCUT2D eigenvalue weighted by Crippen LogP contribution is 2.60. The summed E-state index contributed by atoms with van der Waals surface area (Å²) < 4.78 is 0. The molecule has 0 aromatic carbocycles. The normalized spacial score (nSPS) is 34.8. The molecule has 5 heteroatoms. The molecule has 1 saturated heterocycles. The Hall–Kier alpha value is -1.91. The average molecular weight is 367 g/mol. The molecule has 2 heterocycles. The van der Waals surface area contributed by atoms with Crippen LogP contribution in [0.2, 0.25) is 0 Å². The van der Waals surface area contributed by atoms with Crippen molar-refractivity contribution in [3.05, 3.63) is 29.6 Å². The number of pyridine rings is 1. The second kappa shape index (κ2) is 6.32. The smallest absolute Gasteiger partial charge is 0.272 e. The molecule has 5 aliphatic rings. The molecule has 2 amide bonds. The first-order valence-corrected chi connectivity index (χ1v) is 10.5. The maximum atomic E-state index is 13.5. The van der Waals surface area contributed by atoms with Crippen LogP contribution in [-0.2, 0) is 4.79 Å². The monoisotopic (exact) mass is 367 g/mol. The minimum atomic E-state index is -0.0704. The van der Waals surface area contributed by atoms with Gasteiger partial charge in [-0.1, -0.05) is 6.07 Å². The van der Waals surface area contributed by atoms with E-state index in [0.717, 1.165) is 42.7 Å². The van der Waals surface area contributed by atoms with Gasteiger partial charge >= 0.3 is 0 Å². The molecule has 0 radical (unpaired) electrons. The van der Waals surface area contributed by atoms with Crippen LogP contribution in [0.1, 0.15) is 54.7 Å². The number of aromatic nitrogens is 1. The van der Waals surface area contributed by atoms with Gasteiger partial charge < -0.3 is 9.80 Å². The lowest BCUT2D eigenvalue weighted by atomic mass is 9.49. The number of aryl methyl sites for hydroxylation is 1. The predicted molar refractivity (Wildman–Crippen MR) is 102 cm³/mol. The molecule has 0 atom stereocenters. The van der Waals surface area contributed by atoms with Crippen molar-refractivity contribution in [1.82, 2.24) is 14.8 Å². The van der Waals surface area contributed by atoms with Crippen LogP contribution in [0.15, 0.2) is 18.2 Å². The Kier molecular flexibility index (Phi) is 4.03. The molecule has 1 aromatic rings. The summed E-state index contributed by atoms with van der Waals surface area (Å²) in [6.07, 6.45) is 7.42. The van der Waals surface area contributed by atoms with Crippen LogP contribution in [0.3, 0.4) is 0 Å². The molecule has 5 nitrogen and oxygen atoms in total. The number of carbonyl (C=O) groups is 2. The zero-order valence-electron chi connectivity index (χ0n) is 16.2. The molecular formula is C22H29N3O2. The zero-order chi connectivity index (χ0) is 18.6. The highest BCUT2D eigenvalue weighted by atomic mass is 16.2. The number of carbonyl (C=O) groups excluding carboxylic acids is 2. The lowest BCUT2D eigenvalue weighted by molar-refractivity contribution is -0.159. The summed E-state index contributed by atoms with van der Waals surface area (Å²) >= 11 is 0. The Bertz CT molecular complexity index is 731. The van der Waals surface area contributed by atoms with Crippen molar-refractivity contribution in [2.24, 2.45) is 23.2 Å². The second-order valence-electron chi connectivity index (χ2n) is 9.45. The third kappa shape index (κ3) is 2.95. The Morgan fingerprint density at radius 3 is 2.04 bits per heavy atom. The molecule has 0 spiro atoms. The fourth-order valence-corrected chi connectivity index (χ4v) is 6.64. The van der Waals surface area contributed by atoms with Gasteiger partial charge in [-0.15, -0.1) is 0 Å². The van der Waals surface area contributed by atoms with Crippen LogP contribution < -0.4 is 0 Å². The van der Waals surface area contributed by atoms with E-state index in [1.165, 1.54) is 19.3 Å². The predicted octanol–water partition coefficient (Wildman–Crippen LogP) is 2.89. The van der Waals surface area contributed by atoms with E-state index in [9.17, 15) is 9.59 Å². The molecule has 4 bridgehead atoms. The van der Waals surface area contributed by atoms with Crippen LogP contribution in [0, 0.1) is 30.1 Å². The van der Waals surface area contributed by atoms with Gasteiger partial charge in [0, 0.05) is 31.9 Å². The number of hydrogen-bond acceptors (Lipinski definition) is 3. The first kappa shape index (κ1) is 17.2. The Morgan fingerprint density at radius 2 is 1.48 bits per heavy atom. The lowest BCUT2D eigenvalue weighted by Crippen LogP contribution is -2.58. The quantitative estimate of drug-likeness (QED) is 0.808. The van der Waals surface area contributed by atoms with Crippen LogP contribution in [0.25, 0.3) is 0 Å². The van der Waals surface area contributed by atoms with Gasteiger partial charge in [0.2, 0.25) is 5.91 Å². The minimum absolute atomic E-state index is 0.0133. The Labute approximate surface area is 161 Å². The third-order valence-electron chi connectivity index (χ3n) is 7.45. The van der Waals surface area contributed by atoms with Gasteiger partial charge in [0.05, 0.1) is 5.41 Å². The summed E-state index contributed by atoms with van der Waals surface area (Å²) in [7, 11) is 0. The molecule has 144 valence electrons. The third-order valence-corrected chi connectivity index (χ3v) is 7.45. The van der Waals surface area contributed by atoms with Gasteiger partial charge in [0.1, 0.15) is 5.69 Å². The second-order valence-corrected chi connectivity index (χ2v) is 9.45. The fourth-order valence-electron chi connectivity index (χ4n) is 6.64. The molecular weight excluding hydrogens is 338 g/mol. The molecule has 0 unspecified atom stereocenters. The number of piperazine rings is 1. The van der Waals surface area contributed by atoms with Gasteiger partial charge in [-0.2, -0.15) is 0 Å². The van der Waals surface area contributed by atoms with Crippen LogP contribution in [0.4, 0.5) is 0 Å². The van der Waals surface area contributed by atoms with E-state index in [-0.39, 0.29) is 11.3 Å². The van der Waals surface area contributed by atoms with E-state index < -0.39 is 0 Å². The van der Waals surface area contributed by atoms with Crippen molar-refractivity contribution >= 4 is 11.8 Å². The van der Waals surface area contributed by atoms with Crippen molar-refractivity contribution in [2.75, 3.05) is 26.2 Å². The molecule has 6 rings (SSSR count). The van der Waals surface area contributed by atoms with E-state index in [4.69, 9.17) is 0 Å². The number of nitrogens with zero attached hydrogens (tertiary/aromatic N) is 3. The van der Waals surface area contributed by atoms with Crippen LogP contribution in [0.5, 0.6) is 0 Å². The molecule has 1 aliphatic heterocycles. The maximum Gasteiger partial charge on any atom is 0.272 e. The van der Waals surface area contributed by atoms with Crippen molar-refractivity contribution in [2.45, 2.75) is 45.4 Å². The number of rotatable bonds is 2. The van der Waals surface area contributed by atoms with Crippen molar-refractivity contribution in [1.29, 1.82) is 0 Å². The zero-order valence-corrected chi connectivity index (χ0v) is 16.2. The highest BCUT2D eigenvalue weighted by molar-refractivity contribution is 5.92. The number of amides is 2. The van der Waals surface area contributed by atoms with Gasteiger partial charge in [-0.25, -0.2) is 4.98 Å². The van der Waals surface area contributed by atoms with E-state index in [0.29, 0.717) is 37.8 Å². The first-order chi connectivity index (χ1) is 13.0. The first-order valence-electron chi connectivity index (χ1n) is 10.5. The van der Waals surface area contributed by atoms with Gasteiger partial charge in [0.25, 0.3) is 5.91 Å². The average Bonchev–Trinajstić information content (AvgIpc) is 2.66. The van der Waals surface area contributed by atoms with Crippen LogP contribution >= 0.6 is 0 Å². The molecule has 1 aromatic heterocycles. The van der Waals surface area contributed by atoms with Gasteiger partial charge in [0.15, 0.2) is 0 Å². The van der Waals surface area contributed by atoms with Crippen molar-refractivity contribution < 1.29 is 9.59 Å². The molecule has 0 N–H and O–H groups in total. The highest BCUT2D eigenvalue weighted by Gasteiger charge is 2.55. The summed E-state index contributed by atoms with van der Waals surface area (Å²) in [4.78, 5) is 34.4.